The standard InChI is InChI=1S/C18H21N3O3/c1-23-15-10-21(17(22)16-19-7-8-20-16)12-18(15)9-14(11-24-18)13-5-3-2-4-6-13/h2-8,14-15H,9-12H2,1H3,(H,19,20)/t14-,15+,18+/m0/s1. The molecule has 4 rings (SSSR count). The van der Waals surface area contributed by atoms with E-state index in [0.717, 1.165) is 6.42 Å². The number of methoxy groups -OCH3 is 1. The average molecular weight is 327 g/mol. The molecule has 2 aliphatic rings. The molecular weight excluding hydrogens is 306 g/mol. The third kappa shape index (κ3) is 2.52. The lowest BCUT2D eigenvalue weighted by Gasteiger charge is -2.28. The molecule has 1 spiro atoms. The number of aromatic amines is 1. The molecule has 2 saturated heterocycles. The van der Waals surface area contributed by atoms with Crippen LogP contribution in [0.3, 0.4) is 0 Å². The molecule has 3 heterocycles. The van der Waals surface area contributed by atoms with Gasteiger partial charge < -0.3 is 19.4 Å². The maximum absolute atomic E-state index is 12.6. The molecule has 6 heteroatoms. The summed E-state index contributed by atoms with van der Waals surface area (Å²) in [4.78, 5) is 21.3. The summed E-state index contributed by atoms with van der Waals surface area (Å²) >= 11 is 0. The van der Waals surface area contributed by atoms with Crippen LogP contribution in [0.2, 0.25) is 0 Å². The van der Waals surface area contributed by atoms with Gasteiger partial charge in [0.2, 0.25) is 0 Å². The van der Waals surface area contributed by atoms with Crippen molar-refractivity contribution in [2.45, 2.75) is 24.0 Å². The quantitative estimate of drug-likeness (QED) is 0.934. The number of ether oxygens (including phenoxy) is 2. The normalized spacial score (nSPS) is 29.5. The Bertz CT molecular complexity index is 704. The van der Waals surface area contributed by atoms with Crippen molar-refractivity contribution in [2.75, 3.05) is 26.8 Å². The summed E-state index contributed by atoms with van der Waals surface area (Å²) in [6.45, 7) is 1.72. The van der Waals surface area contributed by atoms with Crippen molar-refractivity contribution < 1.29 is 14.3 Å². The monoisotopic (exact) mass is 327 g/mol. The number of hydrogen-bond acceptors (Lipinski definition) is 4. The van der Waals surface area contributed by atoms with Gasteiger partial charge in [0, 0.05) is 25.4 Å². The first-order chi connectivity index (χ1) is 11.7. The van der Waals surface area contributed by atoms with Gasteiger partial charge in [-0.2, -0.15) is 0 Å². The van der Waals surface area contributed by atoms with Crippen LogP contribution < -0.4 is 0 Å². The molecule has 0 aliphatic carbocycles. The number of carbonyl (C=O) groups is 1. The second-order valence-electron chi connectivity index (χ2n) is 6.54. The smallest absolute Gasteiger partial charge is 0.289 e. The van der Waals surface area contributed by atoms with Crippen LogP contribution in [0.5, 0.6) is 0 Å². The van der Waals surface area contributed by atoms with E-state index in [1.54, 1.807) is 24.4 Å². The Kier molecular flexibility index (Phi) is 3.86. The molecule has 0 bridgehead atoms. The molecular formula is C18H21N3O3. The lowest BCUT2D eigenvalue weighted by molar-refractivity contribution is -0.0755. The molecule has 2 aromatic rings. The van der Waals surface area contributed by atoms with Gasteiger partial charge in [0.1, 0.15) is 11.7 Å². The minimum absolute atomic E-state index is 0.106. The van der Waals surface area contributed by atoms with Crippen LogP contribution in [0, 0.1) is 0 Å². The maximum Gasteiger partial charge on any atom is 0.289 e. The molecule has 2 fully saturated rings. The van der Waals surface area contributed by atoms with Crippen LogP contribution >= 0.6 is 0 Å². The average Bonchev–Trinajstić information content (AvgIpc) is 3.36. The number of amides is 1. The van der Waals surface area contributed by atoms with E-state index in [-0.39, 0.29) is 12.0 Å². The minimum atomic E-state index is -0.433. The fourth-order valence-electron chi connectivity index (χ4n) is 3.91. The highest BCUT2D eigenvalue weighted by Gasteiger charge is 2.54. The number of imidazole rings is 1. The zero-order chi connectivity index (χ0) is 16.6. The maximum atomic E-state index is 12.6. The molecule has 1 amide bonds. The van der Waals surface area contributed by atoms with E-state index in [1.165, 1.54) is 5.56 Å². The lowest BCUT2D eigenvalue weighted by atomic mass is 9.87. The first-order valence-corrected chi connectivity index (χ1v) is 8.22. The molecule has 0 saturated carbocycles. The van der Waals surface area contributed by atoms with Crippen molar-refractivity contribution >= 4 is 5.91 Å². The summed E-state index contributed by atoms with van der Waals surface area (Å²) in [6, 6.07) is 10.4. The molecule has 24 heavy (non-hydrogen) atoms. The fraction of sp³-hybridized carbons (Fsp3) is 0.444. The fourth-order valence-corrected chi connectivity index (χ4v) is 3.91. The summed E-state index contributed by atoms with van der Waals surface area (Å²) in [5, 5.41) is 0. The van der Waals surface area contributed by atoms with E-state index < -0.39 is 5.60 Å². The summed E-state index contributed by atoms with van der Waals surface area (Å²) < 4.78 is 11.9. The zero-order valence-electron chi connectivity index (χ0n) is 13.6. The number of nitrogens with zero attached hydrogens (tertiary/aromatic N) is 2. The van der Waals surface area contributed by atoms with E-state index in [2.05, 4.69) is 34.2 Å². The predicted molar refractivity (Wildman–Crippen MR) is 87.8 cm³/mol. The van der Waals surface area contributed by atoms with E-state index in [4.69, 9.17) is 9.47 Å². The van der Waals surface area contributed by atoms with Gasteiger partial charge in [0.25, 0.3) is 5.91 Å². The molecule has 1 N–H and O–H groups in total. The highest BCUT2D eigenvalue weighted by Crippen LogP contribution is 2.43. The Labute approximate surface area is 140 Å². The van der Waals surface area contributed by atoms with Crippen LogP contribution in [-0.4, -0.2) is 59.3 Å². The highest BCUT2D eigenvalue weighted by molar-refractivity contribution is 5.90. The molecule has 1 aromatic carbocycles. The van der Waals surface area contributed by atoms with Crippen molar-refractivity contribution in [1.29, 1.82) is 0 Å². The molecule has 2 aliphatic heterocycles. The predicted octanol–water partition coefficient (Wildman–Crippen LogP) is 1.82. The molecule has 0 radical (unpaired) electrons. The Morgan fingerprint density at radius 1 is 1.42 bits per heavy atom. The molecule has 6 nitrogen and oxygen atoms in total. The minimum Gasteiger partial charge on any atom is -0.377 e. The molecule has 1 aromatic heterocycles. The van der Waals surface area contributed by atoms with E-state index >= 15 is 0 Å². The van der Waals surface area contributed by atoms with Gasteiger partial charge in [0.15, 0.2) is 5.82 Å². The van der Waals surface area contributed by atoms with Crippen molar-refractivity contribution in [3.63, 3.8) is 0 Å². The van der Waals surface area contributed by atoms with Crippen LogP contribution in [0.4, 0.5) is 0 Å². The SMILES string of the molecule is CO[C@@H]1CN(C(=O)c2ncc[nH]2)C[C@]12C[C@H](c1ccccc1)CO2. The first kappa shape index (κ1) is 15.4. The lowest BCUT2D eigenvalue weighted by Crippen LogP contribution is -2.42. The number of likely N-dealkylation sites (tertiary alicyclic amines) is 1. The Balaban J connectivity index is 1.53. The summed E-state index contributed by atoms with van der Waals surface area (Å²) in [5.74, 6) is 0.590. The number of carbonyl (C=O) groups excluding carboxylic acids is 1. The Hall–Kier alpha value is -2.18. The number of aromatic nitrogens is 2. The number of benzene rings is 1. The van der Waals surface area contributed by atoms with Gasteiger partial charge in [-0.1, -0.05) is 30.3 Å². The first-order valence-electron chi connectivity index (χ1n) is 8.22. The Morgan fingerprint density at radius 2 is 2.25 bits per heavy atom. The summed E-state index contributed by atoms with van der Waals surface area (Å²) in [5.41, 5.74) is 0.845. The van der Waals surface area contributed by atoms with Crippen LogP contribution in [0.1, 0.15) is 28.5 Å². The largest absolute Gasteiger partial charge is 0.377 e. The van der Waals surface area contributed by atoms with Gasteiger partial charge in [-0.15, -0.1) is 0 Å². The van der Waals surface area contributed by atoms with E-state index in [9.17, 15) is 4.79 Å². The van der Waals surface area contributed by atoms with E-state index in [1.807, 2.05) is 6.07 Å². The van der Waals surface area contributed by atoms with Gasteiger partial charge in [-0.25, -0.2) is 4.98 Å². The second-order valence-corrected chi connectivity index (χ2v) is 6.54. The topological polar surface area (TPSA) is 67.5 Å². The van der Waals surface area contributed by atoms with Crippen LogP contribution in [-0.2, 0) is 9.47 Å². The molecule has 0 unspecified atom stereocenters. The van der Waals surface area contributed by atoms with Gasteiger partial charge >= 0.3 is 0 Å². The van der Waals surface area contributed by atoms with E-state index in [0.29, 0.717) is 31.4 Å². The van der Waals surface area contributed by atoms with Crippen LogP contribution in [0.15, 0.2) is 42.7 Å². The zero-order valence-corrected chi connectivity index (χ0v) is 13.6. The third-order valence-electron chi connectivity index (χ3n) is 5.14. The van der Waals surface area contributed by atoms with Gasteiger partial charge in [-0.05, 0) is 12.0 Å². The highest BCUT2D eigenvalue weighted by atomic mass is 16.6. The van der Waals surface area contributed by atoms with Gasteiger partial charge in [0.05, 0.1) is 19.7 Å². The summed E-state index contributed by atoms with van der Waals surface area (Å²) in [6.07, 6.45) is 3.98. The van der Waals surface area contributed by atoms with Crippen molar-refractivity contribution in [1.82, 2.24) is 14.9 Å². The van der Waals surface area contributed by atoms with Crippen molar-refractivity contribution in [3.8, 4) is 0 Å². The van der Waals surface area contributed by atoms with Crippen LogP contribution in [0.25, 0.3) is 0 Å². The number of hydrogen-bond donors (Lipinski definition) is 1. The molecule has 126 valence electrons. The van der Waals surface area contributed by atoms with Crippen molar-refractivity contribution in [3.05, 3.63) is 54.1 Å². The van der Waals surface area contributed by atoms with Crippen molar-refractivity contribution in [2.24, 2.45) is 0 Å². The van der Waals surface area contributed by atoms with Gasteiger partial charge in [-0.3, -0.25) is 4.79 Å². The number of rotatable bonds is 3. The third-order valence-corrected chi connectivity index (χ3v) is 5.14. The second kappa shape index (κ2) is 6.03. The summed E-state index contributed by atoms with van der Waals surface area (Å²) in [7, 11) is 1.69. The number of nitrogens with one attached hydrogen (secondary N) is 1. The number of H-pyrrole nitrogens is 1. The Morgan fingerprint density at radius 3 is 2.96 bits per heavy atom. The molecule has 3 atom stereocenters.